The van der Waals surface area contributed by atoms with Crippen LogP contribution < -0.4 is 4.74 Å². The Bertz CT molecular complexity index is 785. The van der Waals surface area contributed by atoms with E-state index in [4.69, 9.17) is 4.74 Å². The number of ether oxygens (including phenoxy) is 1. The fraction of sp³-hybridized carbons (Fsp3) is 0.200. The Morgan fingerprint density at radius 1 is 0.826 bits per heavy atom. The van der Waals surface area contributed by atoms with E-state index in [9.17, 15) is 35.7 Å². The Kier molecular flexibility index (Phi) is 3.08. The number of phenolic OH excluding ortho intramolecular Hbond substituents is 4. The van der Waals surface area contributed by atoms with Gasteiger partial charge in [0, 0.05) is 29.7 Å². The van der Waals surface area contributed by atoms with E-state index in [-0.39, 0.29) is 22.6 Å². The summed E-state index contributed by atoms with van der Waals surface area (Å²) in [5.41, 5.74) is -0.258. The largest absolute Gasteiger partial charge is 0.508 e. The molecule has 0 spiro atoms. The van der Waals surface area contributed by atoms with Crippen molar-refractivity contribution in [3.8, 4) is 28.7 Å². The first-order valence-corrected chi connectivity index (χ1v) is 6.57. The maximum atomic E-state index is 10.6. The van der Waals surface area contributed by atoms with Crippen molar-refractivity contribution in [1.82, 2.24) is 0 Å². The van der Waals surface area contributed by atoms with Gasteiger partial charge >= 0.3 is 0 Å². The van der Waals surface area contributed by atoms with Crippen LogP contribution >= 0.6 is 0 Å². The molecule has 0 radical (unpaired) electrons. The number of hydrogen-bond donors (Lipinski definition) is 7. The molecule has 0 saturated heterocycles. The Hall–Kier alpha value is -2.68. The summed E-state index contributed by atoms with van der Waals surface area (Å²) in [5.74, 6) is -7.55. The van der Waals surface area contributed by atoms with E-state index >= 15 is 0 Å². The van der Waals surface area contributed by atoms with Gasteiger partial charge in [0.05, 0.1) is 0 Å². The van der Waals surface area contributed by atoms with Crippen LogP contribution in [0, 0.1) is 0 Å². The molecule has 2 aromatic carbocycles. The third-order valence-electron chi connectivity index (χ3n) is 3.76. The van der Waals surface area contributed by atoms with Crippen molar-refractivity contribution in [2.75, 3.05) is 0 Å². The second-order valence-electron chi connectivity index (χ2n) is 5.38. The molecule has 1 unspecified atom stereocenters. The van der Waals surface area contributed by atoms with Crippen molar-refractivity contribution in [1.29, 1.82) is 0 Å². The molecular weight excluding hydrogens is 308 g/mol. The van der Waals surface area contributed by atoms with Crippen LogP contribution in [0.25, 0.3) is 0 Å². The summed E-state index contributed by atoms with van der Waals surface area (Å²) in [4.78, 5) is 0. The second-order valence-corrected chi connectivity index (χ2v) is 5.38. The van der Waals surface area contributed by atoms with Gasteiger partial charge in [-0.25, -0.2) is 0 Å². The molecule has 2 aromatic rings. The summed E-state index contributed by atoms with van der Waals surface area (Å²) >= 11 is 0. The number of aliphatic hydroxyl groups is 3. The third kappa shape index (κ3) is 2.20. The summed E-state index contributed by atoms with van der Waals surface area (Å²) in [7, 11) is 0. The fourth-order valence-corrected chi connectivity index (χ4v) is 2.52. The van der Waals surface area contributed by atoms with Gasteiger partial charge in [0.15, 0.2) is 11.5 Å². The minimum atomic E-state index is -2.85. The van der Waals surface area contributed by atoms with Gasteiger partial charge in [-0.3, -0.25) is 0 Å². The molecular formula is C15H14O8. The van der Waals surface area contributed by atoms with E-state index in [0.29, 0.717) is 0 Å². The Labute approximate surface area is 129 Å². The van der Waals surface area contributed by atoms with Crippen LogP contribution in [0.4, 0.5) is 0 Å². The first-order valence-electron chi connectivity index (χ1n) is 6.57. The molecule has 0 fully saturated rings. The maximum absolute atomic E-state index is 10.6. The zero-order valence-electron chi connectivity index (χ0n) is 11.6. The molecule has 7 N–H and O–H groups in total. The smallest absolute Gasteiger partial charge is 0.289 e. The zero-order chi connectivity index (χ0) is 17.0. The second kappa shape index (κ2) is 4.66. The van der Waals surface area contributed by atoms with Crippen LogP contribution in [0.3, 0.4) is 0 Å². The molecule has 0 amide bonds. The van der Waals surface area contributed by atoms with E-state index in [1.807, 2.05) is 0 Å². The van der Waals surface area contributed by atoms with Crippen LogP contribution in [0.5, 0.6) is 28.7 Å². The molecule has 0 aliphatic carbocycles. The van der Waals surface area contributed by atoms with Crippen LogP contribution in [-0.2, 0) is 12.2 Å². The number of phenols is 4. The van der Waals surface area contributed by atoms with E-state index in [2.05, 4.69) is 0 Å². The van der Waals surface area contributed by atoms with Gasteiger partial charge in [-0.2, -0.15) is 0 Å². The monoisotopic (exact) mass is 322 g/mol. The fourth-order valence-electron chi connectivity index (χ4n) is 2.52. The average molecular weight is 322 g/mol. The summed E-state index contributed by atoms with van der Waals surface area (Å²) in [6.45, 7) is 0. The van der Waals surface area contributed by atoms with E-state index in [0.717, 1.165) is 30.3 Å². The van der Waals surface area contributed by atoms with Gasteiger partial charge in [0.25, 0.3) is 5.79 Å². The highest BCUT2D eigenvalue weighted by Gasteiger charge is 2.56. The Morgan fingerprint density at radius 3 is 2.17 bits per heavy atom. The minimum Gasteiger partial charge on any atom is -0.508 e. The lowest BCUT2D eigenvalue weighted by Crippen LogP contribution is -2.59. The SMILES string of the molecule is Oc1cc(O)c2c(c1)OC(O)(c1ccc(O)c(O)c1)C(O)(O)C2. The molecule has 0 aromatic heterocycles. The number of fused-ring (bicyclic) bond motifs is 1. The third-order valence-corrected chi connectivity index (χ3v) is 3.76. The van der Waals surface area contributed by atoms with Crippen molar-refractivity contribution < 1.29 is 40.5 Å². The van der Waals surface area contributed by atoms with Gasteiger partial charge < -0.3 is 40.5 Å². The van der Waals surface area contributed by atoms with Crippen molar-refractivity contribution in [2.45, 2.75) is 18.0 Å². The lowest BCUT2D eigenvalue weighted by Gasteiger charge is -2.43. The van der Waals surface area contributed by atoms with E-state index in [1.165, 1.54) is 0 Å². The normalized spacial score (nSPS) is 22.2. The number of benzene rings is 2. The number of aromatic hydroxyl groups is 4. The lowest BCUT2D eigenvalue weighted by atomic mass is 9.87. The molecule has 23 heavy (non-hydrogen) atoms. The molecule has 3 rings (SSSR count). The Balaban J connectivity index is 2.16. The molecule has 1 atom stereocenters. The van der Waals surface area contributed by atoms with Gasteiger partial charge in [-0.05, 0) is 18.2 Å². The molecule has 0 saturated carbocycles. The average Bonchev–Trinajstić information content (AvgIpc) is 2.44. The number of rotatable bonds is 1. The summed E-state index contributed by atoms with van der Waals surface area (Å²) < 4.78 is 5.22. The van der Waals surface area contributed by atoms with Crippen molar-refractivity contribution in [3.63, 3.8) is 0 Å². The minimum absolute atomic E-state index is 0.0134. The predicted octanol–water partition coefficient (Wildman–Crippen LogP) is -0.0299. The van der Waals surface area contributed by atoms with Gasteiger partial charge in [-0.15, -0.1) is 0 Å². The van der Waals surface area contributed by atoms with Crippen molar-refractivity contribution in [3.05, 3.63) is 41.5 Å². The van der Waals surface area contributed by atoms with Crippen molar-refractivity contribution in [2.24, 2.45) is 0 Å². The summed E-state index contributed by atoms with van der Waals surface area (Å²) in [5, 5.41) is 69.2. The lowest BCUT2D eigenvalue weighted by molar-refractivity contribution is -0.359. The van der Waals surface area contributed by atoms with Crippen LogP contribution in [0.15, 0.2) is 30.3 Å². The van der Waals surface area contributed by atoms with Crippen molar-refractivity contribution >= 4 is 0 Å². The molecule has 1 aliphatic heterocycles. The van der Waals surface area contributed by atoms with E-state index in [1.54, 1.807) is 0 Å². The van der Waals surface area contributed by atoms with Crippen LogP contribution in [0.2, 0.25) is 0 Å². The first-order chi connectivity index (χ1) is 10.6. The predicted molar refractivity (Wildman–Crippen MR) is 74.9 cm³/mol. The van der Waals surface area contributed by atoms with E-state index < -0.39 is 35.2 Å². The highest BCUT2D eigenvalue weighted by molar-refractivity contribution is 5.53. The van der Waals surface area contributed by atoms with Crippen LogP contribution in [0.1, 0.15) is 11.1 Å². The molecule has 0 bridgehead atoms. The zero-order valence-corrected chi connectivity index (χ0v) is 11.6. The van der Waals surface area contributed by atoms with Gasteiger partial charge in [0.2, 0.25) is 5.79 Å². The molecule has 1 heterocycles. The van der Waals surface area contributed by atoms with Gasteiger partial charge in [0.1, 0.15) is 17.2 Å². The van der Waals surface area contributed by atoms with Crippen LogP contribution in [-0.4, -0.2) is 41.5 Å². The Morgan fingerprint density at radius 2 is 1.52 bits per heavy atom. The van der Waals surface area contributed by atoms with Gasteiger partial charge in [-0.1, -0.05) is 0 Å². The topological polar surface area (TPSA) is 151 Å². The molecule has 122 valence electrons. The molecule has 1 aliphatic rings. The maximum Gasteiger partial charge on any atom is 0.289 e. The quantitative estimate of drug-likeness (QED) is 0.286. The molecule has 8 heteroatoms. The summed E-state index contributed by atoms with van der Waals surface area (Å²) in [6.07, 6.45) is -0.605. The highest BCUT2D eigenvalue weighted by atomic mass is 16.7. The first kappa shape index (κ1) is 15.2. The highest BCUT2D eigenvalue weighted by Crippen LogP contribution is 2.48. The summed E-state index contributed by atoms with van der Waals surface area (Å²) in [6, 6.07) is 5.16. The number of hydrogen-bond acceptors (Lipinski definition) is 8. The standard InChI is InChI=1S/C15H14O8/c16-8-4-11(18)9-6-14(20,21)15(22,23-13(9)5-8)7-1-2-10(17)12(19)3-7/h1-5,16-22H,6H2. The molecule has 8 nitrogen and oxygen atoms in total.